The second kappa shape index (κ2) is 4.01. The van der Waals surface area contributed by atoms with Gasteiger partial charge in [-0.1, -0.05) is 0 Å². The standard InChI is InChI=1S/C11H17NOS/c1-7-4-10-9(5-12-3)6-14-11(10)8(2)13-7/h6-8,12H,4-5H2,1-3H3. The van der Waals surface area contributed by atoms with Gasteiger partial charge in [0.25, 0.3) is 0 Å². The summed E-state index contributed by atoms with van der Waals surface area (Å²) in [6.45, 7) is 5.28. The molecular weight excluding hydrogens is 194 g/mol. The summed E-state index contributed by atoms with van der Waals surface area (Å²) >= 11 is 1.84. The molecule has 2 nitrogen and oxygen atoms in total. The number of nitrogens with one attached hydrogen (secondary N) is 1. The zero-order valence-electron chi connectivity index (χ0n) is 8.96. The third kappa shape index (κ3) is 1.72. The molecule has 0 fully saturated rings. The van der Waals surface area contributed by atoms with Crippen LogP contribution >= 0.6 is 11.3 Å². The van der Waals surface area contributed by atoms with Gasteiger partial charge in [-0.2, -0.15) is 0 Å². The lowest BCUT2D eigenvalue weighted by atomic mass is 9.99. The van der Waals surface area contributed by atoms with Crippen molar-refractivity contribution in [1.82, 2.24) is 5.32 Å². The zero-order chi connectivity index (χ0) is 10.1. The number of hydrogen-bond acceptors (Lipinski definition) is 3. The Balaban J connectivity index is 2.31. The maximum absolute atomic E-state index is 5.79. The van der Waals surface area contributed by atoms with Crippen molar-refractivity contribution in [3.8, 4) is 0 Å². The molecule has 78 valence electrons. The van der Waals surface area contributed by atoms with E-state index in [4.69, 9.17) is 4.74 Å². The van der Waals surface area contributed by atoms with E-state index in [2.05, 4.69) is 24.5 Å². The molecule has 0 radical (unpaired) electrons. The van der Waals surface area contributed by atoms with Gasteiger partial charge >= 0.3 is 0 Å². The highest BCUT2D eigenvalue weighted by atomic mass is 32.1. The van der Waals surface area contributed by atoms with Gasteiger partial charge in [0.15, 0.2) is 0 Å². The number of thiophene rings is 1. The smallest absolute Gasteiger partial charge is 0.0895 e. The minimum absolute atomic E-state index is 0.282. The first-order chi connectivity index (χ1) is 6.72. The van der Waals surface area contributed by atoms with Crippen LogP contribution in [0.1, 0.15) is 36.0 Å². The molecule has 1 aromatic rings. The average molecular weight is 211 g/mol. The minimum atomic E-state index is 0.282. The van der Waals surface area contributed by atoms with Gasteiger partial charge in [0.1, 0.15) is 0 Å². The third-order valence-corrected chi connectivity index (χ3v) is 3.91. The molecule has 0 aromatic carbocycles. The van der Waals surface area contributed by atoms with Crippen molar-refractivity contribution in [1.29, 1.82) is 0 Å². The molecule has 0 spiro atoms. The van der Waals surface area contributed by atoms with Gasteiger partial charge < -0.3 is 10.1 Å². The van der Waals surface area contributed by atoms with Crippen LogP contribution in [0.15, 0.2) is 5.38 Å². The van der Waals surface area contributed by atoms with Crippen molar-refractivity contribution in [3.05, 3.63) is 21.4 Å². The van der Waals surface area contributed by atoms with Gasteiger partial charge in [-0.3, -0.25) is 0 Å². The van der Waals surface area contributed by atoms with E-state index in [0.29, 0.717) is 6.10 Å². The molecule has 1 aliphatic rings. The lowest BCUT2D eigenvalue weighted by Crippen LogP contribution is -2.22. The van der Waals surface area contributed by atoms with Crippen LogP contribution < -0.4 is 5.32 Å². The number of ether oxygens (including phenoxy) is 1. The van der Waals surface area contributed by atoms with Crippen LogP contribution in [-0.2, 0) is 17.7 Å². The molecule has 0 saturated heterocycles. The van der Waals surface area contributed by atoms with Gasteiger partial charge in [0.05, 0.1) is 12.2 Å². The van der Waals surface area contributed by atoms with Gasteiger partial charge in [-0.05, 0) is 43.8 Å². The molecule has 1 aromatic heterocycles. The zero-order valence-corrected chi connectivity index (χ0v) is 9.78. The molecule has 0 aliphatic carbocycles. The monoisotopic (exact) mass is 211 g/mol. The Morgan fingerprint density at radius 1 is 1.57 bits per heavy atom. The normalized spacial score (nSPS) is 26.2. The molecule has 3 heteroatoms. The Morgan fingerprint density at radius 3 is 3.07 bits per heavy atom. The van der Waals surface area contributed by atoms with Crippen molar-refractivity contribution >= 4 is 11.3 Å². The van der Waals surface area contributed by atoms with Crippen LogP contribution in [0.3, 0.4) is 0 Å². The molecule has 1 aliphatic heterocycles. The van der Waals surface area contributed by atoms with Gasteiger partial charge in [0, 0.05) is 11.4 Å². The summed E-state index contributed by atoms with van der Waals surface area (Å²) in [5.41, 5.74) is 2.98. The summed E-state index contributed by atoms with van der Waals surface area (Å²) in [6.07, 6.45) is 1.72. The van der Waals surface area contributed by atoms with Crippen LogP contribution in [0.5, 0.6) is 0 Å². The van der Waals surface area contributed by atoms with Crippen molar-refractivity contribution in [2.75, 3.05) is 7.05 Å². The number of fused-ring (bicyclic) bond motifs is 1. The summed E-state index contributed by atoms with van der Waals surface area (Å²) in [4.78, 5) is 1.42. The molecule has 2 atom stereocenters. The fraction of sp³-hybridized carbons (Fsp3) is 0.636. The quantitative estimate of drug-likeness (QED) is 0.811. The maximum Gasteiger partial charge on any atom is 0.0895 e. The van der Waals surface area contributed by atoms with Crippen LogP contribution in [0.25, 0.3) is 0 Å². The summed E-state index contributed by atoms with van der Waals surface area (Å²) in [5.74, 6) is 0. The summed E-state index contributed by atoms with van der Waals surface area (Å²) in [6, 6.07) is 0. The lowest BCUT2D eigenvalue weighted by Gasteiger charge is -2.26. The van der Waals surface area contributed by atoms with Crippen LogP contribution in [0, 0.1) is 0 Å². The van der Waals surface area contributed by atoms with Crippen molar-refractivity contribution in [3.63, 3.8) is 0 Å². The molecule has 1 N–H and O–H groups in total. The second-order valence-electron chi connectivity index (χ2n) is 3.93. The van der Waals surface area contributed by atoms with E-state index in [1.807, 2.05) is 18.4 Å². The van der Waals surface area contributed by atoms with Crippen molar-refractivity contribution < 1.29 is 4.74 Å². The third-order valence-electron chi connectivity index (χ3n) is 2.68. The van der Waals surface area contributed by atoms with E-state index in [9.17, 15) is 0 Å². The first kappa shape index (κ1) is 10.1. The summed E-state index contributed by atoms with van der Waals surface area (Å²) in [7, 11) is 2.00. The summed E-state index contributed by atoms with van der Waals surface area (Å²) in [5, 5.41) is 5.48. The fourth-order valence-corrected chi connectivity index (χ4v) is 3.19. The fourth-order valence-electron chi connectivity index (χ4n) is 2.09. The molecule has 0 bridgehead atoms. The predicted octanol–water partition coefficient (Wildman–Crippen LogP) is 2.49. The SMILES string of the molecule is CNCc1csc2c1CC(C)OC2C. The summed E-state index contributed by atoms with van der Waals surface area (Å²) < 4.78 is 5.79. The van der Waals surface area contributed by atoms with Crippen molar-refractivity contribution in [2.45, 2.75) is 39.0 Å². The van der Waals surface area contributed by atoms with Crippen LogP contribution in [0.4, 0.5) is 0 Å². The topological polar surface area (TPSA) is 21.3 Å². The van der Waals surface area contributed by atoms with E-state index in [0.717, 1.165) is 13.0 Å². The predicted molar refractivity (Wildman–Crippen MR) is 59.7 cm³/mol. The number of rotatable bonds is 2. The Morgan fingerprint density at radius 2 is 2.36 bits per heavy atom. The molecule has 0 saturated carbocycles. The van der Waals surface area contributed by atoms with Crippen LogP contribution in [-0.4, -0.2) is 13.2 Å². The van der Waals surface area contributed by atoms with Gasteiger partial charge in [-0.15, -0.1) is 11.3 Å². The van der Waals surface area contributed by atoms with Gasteiger partial charge in [-0.25, -0.2) is 0 Å². The molecule has 2 unspecified atom stereocenters. The molecule has 14 heavy (non-hydrogen) atoms. The van der Waals surface area contributed by atoms with Crippen LogP contribution in [0.2, 0.25) is 0 Å². The molecular formula is C11H17NOS. The van der Waals surface area contributed by atoms with E-state index >= 15 is 0 Å². The maximum atomic E-state index is 5.79. The van der Waals surface area contributed by atoms with E-state index in [1.54, 1.807) is 0 Å². The Bertz CT molecular complexity index is 321. The van der Waals surface area contributed by atoms with E-state index in [-0.39, 0.29) is 6.10 Å². The average Bonchev–Trinajstić information content (AvgIpc) is 2.49. The van der Waals surface area contributed by atoms with E-state index < -0.39 is 0 Å². The first-order valence-corrected chi connectivity index (χ1v) is 5.99. The Labute approximate surface area is 89.3 Å². The highest BCUT2D eigenvalue weighted by molar-refractivity contribution is 7.10. The van der Waals surface area contributed by atoms with E-state index in [1.165, 1.54) is 16.0 Å². The highest BCUT2D eigenvalue weighted by Crippen LogP contribution is 2.36. The largest absolute Gasteiger partial charge is 0.370 e. The molecule has 0 amide bonds. The number of hydrogen-bond donors (Lipinski definition) is 1. The van der Waals surface area contributed by atoms with Crippen molar-refractivity contribution in [2.24, 2.45) is 0 Å². The first-order valence-electron chi connectivity index (χ1n) is 5.11. The second-order valence-corrected chi connectivity index (χ2v) is 4.84. The molecule has 2 heterocycles. The highest BCUT2D eigenvalue weighted by Gasteiger charge is 2.25. The minimum Gasteiger partial charge on any atom is -0.370 e. The molecule has 2 rings (SSSR count). The lowest BCUT2D eigenvalue weighted by molar-refractivity contribution is -0.00236. The Kier molecular flexibility index (Phi) is 2.91. The van der Waals surface area contributed by atoms with Gasteiger partial charge in [0.2, 0.25) is 0 Å². The Hall–Kier alpha value is -0.380.